The summed E-state index contributed by atoms with van der Waals surface area (Å²) in [7, 11) is 0. The molecule has 0 bridgehead atoms. The Morgan fingerprint density at radius 1 is 1.50 bits per heavy atom. The van der Waals surface area contributed by atoms with Crippen LogP contribution in [0.4, 0.5) is 0 Å². The molecule has 10 heavy (non-hydrogen) atoms. The SMILES string of the molecule is C[C@@H]1CC[C@@H](NCCO)C1. The van der Waals surface area contributed by atoms with Gasteiger partial charge in [0.2, 0.25) is 0 Å². The zero-order chi connectivity index (χ0) is 7.40. The van der Waals surface area contributed by atoms with Crippen molar-refractivity contribution >= 4 is 0 Å². The molecule has 1 rings (SSSR count). The quantitative estimate of drug-likeness (QED) is 0.611. The number of hydrogen-bond acceptors (Lipinski definition) is 2. The van der Waals surface area contributed by atoms with Crippen LogP contribution in [0.15, 0.2) is 0 Å². The molecule has 0 radical (unpaired) electrons. The van der Waals surface area contributed by atoms with Crippen molar-refractivity contribution in [1.29, 1.82) is 0 Å². The highest BCUT2D eigenvalue weighted by atomic mass is 16.3. The lowest BCUT2D eigenvalue weighted by Crippen LogP contribution is -2.28. The standard InChI is InChI=1S/C8H17NO/c1-7-2-3-8(6-7)9-4-5-10/h7-10H,2-6H2,1H3/t7-,8-/m1/s1. The van der Waals surface area contributed by atoms with Gasteiger partial charge in [-0.2, -0.15) is 0 Å². The summed E-state index contributed by atoms with van der Waals surface area (Å²) in [5, 5.41) is 11.8. The molecule has 0 spiro atoms. The van der Waals surface area contributed by atoms with Crippen LogP contribution in [0.2, 0.25) is 0 Å². The van der Waals surface area contributed by atoms with Crippen molar-refractivity contribution in [3.63, 3.8) is 0 Å². The molecule has 0 amide bonds. The van der Waals surface area contributed by atoms with E-state index in [-0.39, 0.29) is 6.61 Å². The van der Waals surface area contributed by atoms with Crippen LogP contribution in [0.1, 0.15) is 26.2 Å². The van der Waals surface area contributed by atoms with E-state index in [0.717, 1.165) is 12.5 Å². The zero-order valence-corrected chi connectivity index (χ0v) is 6.64. The van der Waals surface area contributed by atoms with E-state index in [1.807, 2.05) is 0 Å². The third kappa shape index (κ3) is 2.27. The topological polar surface area (TPSA) is 32.3 Å². The molecular formula is C8H17NO. The molecule has 0 aromatic heterocycles. The summed E-state index contributed by atoms with van der Waals surface area (Å²) in [5.41, 5.74) is 0. The maximum atomic E-state index is 8.53. The van der Waals surface area contributed by atoms with Gasteiger partial charge in [-0.3, -0.25) is 0 Å². The summed E-state index contributed by atoms with van der Waals surface area (Å²) in [6.45, 7) is 3.32. The lowest BCUT2D eigenvalue weighted by molar-refractivity contribution is 0.283. The first-order valence-electron chi connectivity index (χ1n) is 4.17. The number of aliphatic hydroxyl groups excluding tert-OH is 1. The lowest BCUT2D eigenvalue weighted by atomic mass is 10.1. The Morgan fingerprint density at radius 3 is 2.80 bits per heavy atom. The Bertz CT molecular complexity index is 95.3. The number of nitrogens with one attached hydrogen (secondary N) is 1. The summed E-state index contributed by atoms with van der Waals surface area (Å²) in [6.07, 6.45) is 3.93. The first kappa shape index (κ1) is 8.02. The highest BCUT2D eigenvalue weighted by molar-refractivity contribution is 4.77. The molecule has 0 aromatic carbocycles. The molecule has 2 nitrogen and oxygen atoms in total. The number of hydrogen-bond donors (Lipinski definition) is 2. The molecule has 60 valence electrons. The first-order chi connectivity index (χ1) is 4.83. The second kappa shape index (κ2) is 3.94. The van der Waals surface area contributed by atoms with Gasteiger partial charge in [0.25, 0.3) is 0 Å². The Balaban J connectivity index is 2.06. The van der Waals surface area contributed by atoms with Gasteiger partial charge in [-0.25, -0.2) is 0 Å². The first-order valence-corrected chi connectivity index (χ1v) is 4.17. The highest BCUT2D eigenvalue weighted by Crippen LogP contribution is 2.24. The van der Waals surface area contributed by atoms with E-state index in [1.54, 1.807) is 0 Å². The molecule has 0 unspecified atom stereocenters. The van der Waals surface area contributed by atoms with E-state index >= 15 is 0 Å². The van der Waals surface area contributed by atoms with Crippen LogP contribution in [0.25, 0.3) is 0 Å². The molecule has 2 atom stereocenters. The molecule has 2 heteroatoms. The maximum absolute atomic E-state index is 8.53. The molecular weight excluding hydrogens is 126 g/mol. The highest BCUT2D eigenvalue weighted by Gasteiger charge is 2.19. The van der Waals surface area contributed by atoms with Crippen molar-refractivity contribution in [3.05, 3.63) is 0 Å². The van der Waals surface area contributed by atoms with E-state index in [9.17, 15) is 0 Å². The van der Waals surface area contributed by atoms with Gasteiger partial charge in [0, 0.05) is 12.6 Å². The number of rotatable bonds is 3. The minimum absolute atomic E-state index is 0.269. The average molecular weight is 143 g/mol. The molecule has 2 N–H and O–H groups in total. The van der Waals surface area contributed by atoms with E-state index < -0.39 is 0 Å². The van der Waals surface area contributed by atoms with Crippen LogP contribution in [-0.4, -0.2) is 24.3 Å². The molecule has 1 aliphatic carbocycles. The van der Waals surface area contributed by atoms with Gasteiger partial charge < -0.3 is 10.4 Å². The van der Waals surface area contributed by atoms with Gasteiger partial charge in [-0.05, 0) is 25.2 Å². The zero-order valence-electron chi connectivity index (χ0n) is 6.64. The van der Waals surface area contributed by atoms with Crippen molar-refractivity contribution in [3.8, 4) is 0 Å². The van der Waals surface area contributed by atoms with Gasteiger partial charge in [-0.15, -0.1) is 0 Å². The van der Waals surface area contributed by atoms with Crippen molar-refractivity contribution in [2.75, 3.05) is 13.2 Å². The molecule has 0 saturated heterocycles. The summed E-state index contributed by atoms with van der Waals surface area (Å²) >= 11 is 0. The second-order valence-electron chi connectivity index (χ2n) is 3.29. The number of aliphatic hydroxyl groups is 1. The maximum Gasteiger partial charge on any atom is 0.0556 e. The normalized spacial score (nSPS) is 33.0. The van der Waals surface area contributed by atoms with Crippen molar-refractivity contribution < 1.29 is 5.11 Å². The third-order valence-electron chi connectivity index (χ3n) is 2.24. The Hall–Kier alpha value is -0.0800. The van der Waals surface area contributed by atoms with E-state index in [4.69, 9.17) is 5.11 Å². The van der Waals surface area contributed by atoms with Gasteiger partial charge in [-0.1, -0.05) is 6.92 Å². The van der Waals surface area contributed by atoms with Gasteiger partial charge in [0.05, 0.1) is 6.61 Å². The fourth-order valence-electron chi connectivity index (χ4n) is 1.66. The van der Waals surface area contributed by atoms with E-state index in [1.165, 1.54) is 19.3 Å². The van der Waals surface area contributed by atoms with Crippen molar-refractivity contribution in [2.45, 2.75) is 32.2 Å². The van der Waals surface area contributed by atoms with Gasteiger partial charge in [0.15, 0.2) is 0 Å². The molecule has 0 aromatic rings. The monoisotopic (exact) mass is 143 g/mol. The van der Waals surface area contributed by atoms with Crippen LogP contribution in [0, 0.1) is 5.92 Å². The predicted molar refractivity (Wildman–Crippen MR) is 41.9 cm³/mol. The fraction of sp³-hybridized carbons (Fsp3) is 1.00. The van der Waals surface area contributed by atoms with Crippen LogP contribution in [0.5, 0.6) is 0 Å². The molecule has 0 heterocycles. The Kier molecular flexibility index (Phi) is 3.16. The second-order valence-corrected chi connectivity index (χ2v) is 3.29. The van der Waals surface area contributed by atoms with Crippen molar-refractivity contribution in [1.82, 2.24) is 5.32 Å². The summed E-state index contributed by atoms with van der Waals surface area (Å²) in [6, 6.07) is 0.683. The Labute approximate surface area is 62.6 Å². The van der Waals surface area contributed by atoms with Crippen LogP contribution in [0.3, 0.4) is 0 Å². The average Bonchev–Trinajstić information content (AvgIpc) is 2.31. The minimum atomic E-state index is 0.269. The predicted octanol–water partition coefficient (Wildman–Crippen LogP) is 0.757. The van der Waals surface area contributed by atoms with Gasteiger partial charge in [0.1, 0.15) is 0 Å². The van der Waals surface area contributed by atoms with E-state index in [2.05, 4.69) is 12.2 Å². The molecule has 1 fully saturated rings. The summed E-state index contributed by atoms with van der Waals surface area (Å²) in [4.78, 5) is 0. The van der Waals surface area contributed by atoms with Crippen LogP contribution < -0.4 is 5.32 Å². The fourth-order valence-corrected chi connectivity index (χ4v) is 1.66. The lowest BCUT2D eigenvalue weighted by Gasteiger charge is -2.09. The largest absolute Gasteiger partial charge is 0.395 e. The van der Waals surface area contributed by atoms with Crippen LogP contribution in [-0.2, 0) is 0 Å². The summed E-state index contributed by atoms with van der Waals surface area (Å²) in [5.74, 6) is 0.885. The van der Waals surface area contributed by atoms with E-state index in [0.29, 0.717) is 6.04 Å². The van der Waals surface area contributed by atoms with Crippen molar-refractivity contribution in [2.24, 2.45) is 5.92 Å². The smallest absolute Gasteiger partial charge is 0.0556 e. The van der Waals surface area contributed by atoms with Gasteiger partial charge >= 0.3 is 0 Å². The Morgan fingerprint density at radius 2 is 2.30 bits per heavy atom. The van der Waals surface area contributed by atoms with Crippen LogP contribution >= 0.6 is 0 Å². The molecule has 1 aliphatic rings. The molecule has 0 aliphatic heterocycles. The summed E-state index contributed by atoms with van der Waals surface area (Å²) < 4.78 is 0. The third-order valence-corrected chi connectivity index (χ3v) is 2.24. The minimum Gasteiger partial charge on any atom is -0.395 e. The molecule has 1 saturated carbocycles.